The van der Waals surface area contributed by atoms with E-state index < -0.39 is 11.7 Å². The number of alkyl halides is 3. The van der Waals surface area contributed by atoms with Crippen molar-refractivity contribution in [2.24, 2.45) is 0 Å². The van der Waals surface area contributed by atoms with Crippen molar-refractivity contribution < 1.29 is 18.3 Å². The van der Waals surface area contributed by atoms with Gasteiger partial charge in [0.1, 0.15) is 0 Å². The van der Waals surface area contributed by atoms with Crippen molar-refractivity contribution in [3.8, 4) is 0 Å². The van der Waals surface area contributed by atoms with E-state index in [-0.39, 0.29) is 6.61 Å². The summed E-state index contributed by atoms with van der Waals surface area (Å²) in [5, 5.41) is 14.6. The smallest absolute Gasteiger partial charge is 0.392 e. The number of aliphatic hydroxyl groups is 1. The van der Waals surface area contributed by atoms with Gasteiger partial charge in [-0.1, -0.05) is 23.7 Å². The molecule has 0 spiro atoms. The van der Waals surface area contributed by atoms with Crippen LogP contribution in [0.1, 0.15) is 22.4 Å². The maximum Gasteiger partial charge on any atom is 0.416 e. The minimum Gasteiger partial charge on any atom is -0.392 e. The molecule has 0 bridgehead atoms. The van der Waals surface area contributed by atoms with Gasteiger partial charge in [0.25, 0.3) is 0 Å². The molecule has 1 aromatic heterocycles. The third-order valence-corrected chi connectivity index (χ3v) is 4.35. The zero-order valence-corrected chi connectivity index (χ0v) is 14.6. The lowest BCUT2D eigenvalue weighted by atomic mass is 10.1. The Morgan fingerprint density at radius 2 is 1.96 bits per heavy atom. The number of benzene rings is 2. The van der Waals surface area contributed by atoms with Crippen LogP contribution in [0.5, 0.6) is 0 Å². The van der Waals surface area contributed by atoms with Crippen LogP contribution in [-0.2, 0) is 12.7 Å². The molecular formula is C19H16ClF3N2O. The maximum absolute atomic E-state index is 13.1. The van der Waals surface area contributed by atoms with Crippen LogP contribution in [0.4, 0.5) is 13.2 Å². The van der Waals surface area contributed by atoms with Crippen molar-refractivity contribution in [3.63, 3.8) is 0 Å². The van der Waals surface area contributed by atoms with Gasteiger partial charge in [-0.15, -0.1) is 0 Å². The SMILES string of the molecule is Cc1cc(Cl)ccc1Cn1nc(/C=C/CO)c2ccc(C(F)(F)F)cc21. The summed E-state index contributed by atoms with van der Waals surface area (Å²) in [5.74, 6) is 0. The standard InChI is InChI=1S/C19H16ClF3N2O/c1-12-9-15(20)6-4-13(12)11-25-18-10-14(19(21,22)23)5-7-16(18)17(24-25)3-2-8-26/h2-7,9-10,26H,8,11H2,1H3/b3-2+. The van der Waals surface area contributed by atoms with Crippen molar-refractivity contribution in [1.29, 1.82) is 0 Å². The van der Waals surface area contributed by atoms with E-state index in [9.17, 15) is 13.2 Å². The predicted octanol–water partition coefficient (Wildman–Crippen LogP) is 5.07. The second-order valence-electron chi connectivity index (χ2n) is 5.93. The summed E-state index contributed by atoms with van der Waals surface area (Å²) in [6.45, 7) is 2.03. The van der Waals surface area contributed by atoms with Crippen LogP contribution >= 0.6 is 11.6 Å². The van der Waals surface area contributed by atoms with Crippen LogP contribution in [-0.4, -0.2) is 21.5 Å². The highest BCUT2D eigenvalue weighted by molar-refractivity contribution is 6.30. The lowest BCUT2D eigenvalue weighted by Gasteiger charge is -2.10. The second kappa shape index (κ2) is 7.13. The molecule has 1 heterocycles. The van der Waals surface area contributed by atoms with Crippen LogP contribution in [0, 0.1) is 6.92 Å². The molecule has 26 heavy (non-hydrogen) atoms. The third kappa shape index (κ3) is 3.76. The Morgan fingerprint density at radius 1 is 1.19 bits per heavy atom. The third-order valence-electron chi connectivity index (χ3n) is 4.11. The maximum atomic E-state index is 13.1. The fourth-order valence-electron chi connectivity index (χ4n) is 2.78. The van der Waals surface area contributed by atoms with Gasteiger partial charge >= 0.3 is 6.18 Å². The van der Waals surface area contributed by atoms with Crippen LogP contribution < -0.4 is 0 Å². The first kappa shape index (κ1) is 18.5. The zero-order chi connectivity index (χ0) is 18.9. The number of hydrogen-bond donors (Lipinski definition) is 1. The van der Waals surface area contributed by atoms with E-state index in [0.717, 1.165) is 23.3 Å². The van der Waals surface area contributed by atoms with Crippen molar-refractivity contribution in [2.75, 3.05) is 6.61 Å². The van der Waals surface area contributed by atoms with Gasteiger partial charge in [0.05, 0.1) is 29.9 Å². The molecule has 0 atom stereocenters. The van der Waals surface area contributed by atoms with Crippen LogP contribution in [0.15, 0.2) is 42.5 Å². The summed E-state index contributed by atoms with van der Waals surface area (Å²) in [6, 6.07) is 8.93. The molecule has 136 valence electrons. The van der Waals surface area contributed by atoms with Gasteiger partial charge in [-0.25, -0.2) is 0 Å². The van der Waals surface area contributed by atoms with Crippen molar-refractivity contribution in [2.45, 2.75) is 19.6 Å². The summed E-state index contributed by atoms with van der Waals surface area (Å²) in [5.41, 5.74) is 2.01. The lowest BCUT2D eigenvalue weighted by Crippen LogP contribution is -2.06. The molecule has 3 nitrogen and oxygen atoms in total. The first-order valence-corrected chi connectivity index (χ1v) is 8.27. The molecule has 0 aliphatic carbocycles. The van der Waals surface area contributed by atoms with Crippen LogP contribution in [0.2, 0.25) is 5.02 Å². The molecule has 0 saturated heterocycles. The van der Waals surface area contributed by atoms with Gasteiger partial charge in [-0.05, 0) is 54.5 Å². The van der Waals surface area contributed by atoms with Crippen molar-refractivity contribution >= 4 is 28.6 Å². The molecule has 3 aromatic rings. The van der Waals surface area contributed by atoms with Gasteiger partial charge < -0.3 is 5.11 Å². The van der Waals surface area contributed by atoms with Gasteiger partial charge in [0, 0.05) is 10.4 Å². The molecular weight excluding hydrogens is 365 g/mol. The van der Waals surface area contributed by atoms with E-state index in [1.807, 2.05) is 13.0 Å². The molecule has 3 rings (SSSR count). The Balaban J connectivity index is 2.14. The highest BCUT2D eigenvalue weighted by Crippen LogP contribution is 2.33. The lowest BCUT2D eigenvalue weighted by molar-refractivity contribution is -0.137. The summed E-state index contributed by atoms with van der Waals surface area (Å²) in [6.07, 6.45) is -1.33. The highest BCUT2D eigenvalue weighted by Gasteiger charge is 2.31. The number of hydrogen-bond acceptors (Lipinski definition) is 2. The Morgan fingerprint density at radius 3 is 2.62 bits per heavy atom. The molecule has 0 aliphatic heterocycles. The predicted molar refractivity (Wildman–Crippen MR) is 96.1 cm³/mol. The fraction of sp³-hybridized carbons (Fsp3) is 0.211. The number of aromatic nitrogens is 2. The second-order valence-corrected chi connectivity index (χ2v) is 6.36. The van der Waals surface area contributed by atoms with Gasteiger partial charge in [0.15, 0.2) is 0 Å². The van der Waals surface area contributed by atoms with Gasteiger partial charge in [-0.2, -0.15) is 18.3 Å². The minimum atomic E-state index is -4.43. The normalized spacial score (nSPS) is 12.4. The number of fused-ring (bicyclic) bond motifs is 1. The first-order valence-electron chi connectivity index (χ1n) is 7.90. The first-order chi connectivity index (χ1) is 12.3. The fourth-order valence-corrected chi connectivity index (χ4v) is 3.01. The van der Waals surface area contributed by atoms with Crippen LogP contribution in [0.25, 0.3) is 17.0 Å². The van der Waals surface area contributed by atoms with Gasteiger partial charge in [-0.3, -0.25) is 4.68 Å². The Labute approximate surface area is 153 Å². The summed E-state index contributed by atoms with van der Waals surface area (Å²) in [7, 11) is 0. The molecule has 7 heteroatoms. The highest BCUT2D eigenvalue weighted by atomic mass is 35.5. The number of aryl methyl sites for hydroxylation is 1. The van der Waals surface area contributed by atoms with Crippen LogP contribution in [0.3, 0.4) is 0 Å². The number of aliphatic hydroxyl groups excluding tert-OH is 1. The van der Waals surface area contributed by atoms with Crippen molar-refractivity contribution in [1.82, 2.24) is 9.78 Å². The minimum absolute atomic E-state index is 0.175. The van der Waals surface area contributed by atoms with E-state index >= 15 is 0 Å². The van der Waals surface area contributed by atoms with Crippen molar-refractivity contribution in [3.05, 3.63) is 69.9 Å². The summed E-state index contributed by atoms with van der Waals surface area (Å²) in [4.78, 5) is 0. The number of rotatable bonds is 4. The average Bonchev–Trinajstić information content (AvgIpc) is 2.92. The largest absolute Gasteiger partial charge is 0.416 e. The summed E-state index contributed by atoms with van der Waals surface area (Å²) < 4.78 is 40.8. The Hall–Kier alpha value is -2.31. The van der Waals surface area contributed by atoms with Gasteiger partial charge in [0.2, 0.25) is 0 Å². The van der Waals surface area contributed by atoms with E-state index in [4.69, 9.17) is 16.7 Å². The molecule has 2 aromatic carbocycles. The number of nitrogens with zero attached hydrogens (tertiary/aromatic N) is 2. The Bertz CT molecular complexity index is 977. The summed E-state index contributed by atoms with van der Waals surface area (Å²) >= 11 is 5.97. The topological polar surface area (TPSA) is 38.0 Å². The quantitative estimate of drug-likeness (QED) is 0.686. The molecule has 1 N–H and O–H groups in total. The zero-order valence-electron chi connectivity index (χ0n) is 13.9. The van der Waals surface area contributed by atoms with E-state index in [0.29, 0.717) is 28.2 Å². The molecule has 0 aliphatic rings. The molecule has 0 unspecified atom stereocenters. The molecule has 0 radical (unpaired) electrons. The van der Waals surface area contributed by atoms with E-state index in [1.54, 1.807) is 18.2 Å². The molecule has 0 fully saturated rings. The average molecular weight is 381 g/mol. The molecule has 0 amide bonds. The van der Waals surface area contributed by atoms with E-state index in [1.165, 1.54) is 16.8 Å². The van der Waals surface area contributed by atoms with E-state index in [2.05, 4.69) is 5.10 Å². The number of halogens is 4. The Kier molecular flexibility index (Phi) is 5.07. The monoisotopic (exact) mass is 380 g/mol. The molecule has 0 saturated carbocycles.